The summed E-state index contributed by atoms with van der Waals surface area (Å²) in [5.74, 6) is 1.00. The first-order valence-corrected chi connectivity index (χ1v) is 4.80. The lowest BCUT2D eigenvalue weighted by atomic mass is 9.79. The molecule has 1 saturated carbocycles. The van der Waals surface area contributed by atoms with Gasteiger partial charge in [-0.3, -0.25) is 9.59 Å². The summed E-state index contributed by atoms with van der Waals surface area (Å²) in [6.45, 7) is 3.21. The molecule has 13 heavy (non-hydrogen) atoms. The molecule has 0 amide bonds. The van der Waals surface area contributed by atoms with Gasteiger partial charge < -0.3 is 0 Å². The van der Waals surface area contributed by atoms with E-state index >= 15 is 0 Å². The molecule has 0 heterocycles. The first-order valence-electron chi connectivity index (χ1n) is 4.80. The van der Waals surface area contributed by atoms with Gasteiger partial charge in [-0.15, -0.1) is 0 Å². The van der Waals surface area contributed by atoms with Crippen LogP contribution in [0.25, 0.3) is 0 Å². The van der Waals surface area contributed by atoms with Gasteiger partial charge in [-0.1, -0.05) is 12.2 Å². The van der Waals surface area contributed by atoms with Crippen LogP contribution in [-0.4, -0.2) is 11.6 Å². The van der Waals surface area contributed by atoms with Gasteiger partial charge in [0.15, 0.2) is 0 Å². The van der Waals surface area contributed by atoms with Crippen molar-refractivity contribution in [2.45, 2.75) is 20.3 Å². The van der Waals surface area contributed by atoms with Gasteiger partial charge in [0.1, 0.15) is 11.6 Å². The molecule has 1 fully saturated rings. The molecule has 0 aliphatic heterocycles. The van der Waals surface area contributed by atoms with Gasteiger partial charge in [0.05, 0.1) is 0 Å². The molecule has 4 atom stereocenters. The Bertz CT molecular complexity index is 262. The van der Waals surface area contributed by atoms with Gasteiger partial charge in [-0.25, -0.2) is 0 Å². The Balaban J connectivity index is 2.30. The number of hydrogen-bond donors (Lipinski definition) is 0. The van der Waals surface area contributed by atoms with Gasteiger partial charge >= 0.3 is 0 Å². The third kappa shape index (κ3) is 1.16. The number of carbonyl (C=O) groups is 2. The lowest BCUT2D eigenvalue weighted by Crippen LogP contribution is -2.30. The molecule has 2 nitrogen and oxygen atoms in total. The van der Waals surface area contributed by atoms with E-state index in [1.54, 1.807) is 13.8 Å². The largest absolute Gasteiger partial charge is 0.300 e. The van der Waals surface area contributed by atoms with E-state index in [1.807, 2.05) is 0 Å². The summed E-state index contributed by atoms with van der Waals surface area (Å²) in [5, 5.41) is 0. The van der Waals surface area contributed by atoms with Crippen LogP contribution < -0.4 is 0 Å². The first-order chi connectivity index (χ1) is 6.11. The standard InChI is InChI=1S/C11H14O2/c1-6(12)10-8-3-4-9(5-8)11(10)7(2)13/h3-4,8-11H,5H2,1-2H3/t8-,9+,10-,11+. The lowest BCUT2D eigenvalue weighted by Gasteiger charge is -2.23. The molecule has 0 saturated heterocycles. The van der Waals surface area contributed by atoms with Crippen LogP contribution in [0.2, 0.25) is 0 Å². The van der Waals surface area contributed by atoms with E-state index in [1.165, 1.54) is 0 Å². The van der Waals surface area contributed by atoms with Gasteiger partial charge in [0.25, 0.3) is 0 Å². The molecule has 2 rings (SSSR count). The summed E-state index contributed by atoms with van der Waals surface area (Å²) >= 11 is 0. The molecule has 2 heteroatoms. The van der Waals surface area contributed by atoms with Crippen LogP contribution in [0.4, 0.5) is 0 Å². The van der Waals surface area contributed by atoms with E-state index in [0.29, 0.717) is 11.8 Å². The van der Waals surface area contributed by atoms with Gasteiger partial charge in [0.2, 0.25) is 0 Å². The fourth-order valence-electron chi connectivity index (χ4n) is 2.93. The van der Waals surface area contributed by atoms with Crippen molar-refractivity contribution >= 4 is 11.6 Å². The molecule has 0 aromatic rings. The summed E-state index contributed by atoms with van der Waals surface area (Å²) in [6.07, 6.45) is 5.22. The minimum atomic E-state index is -0.0208. The number of hydrogen-bond acceptors (Lipinski definition) is 2. The highest BCUT2D eigenvalue weighted by atomic mass is 16.1. The Morgan fingerprint density at radius 2 is 1.38 bits per heavy atom. The molecule has 2 bridgehead atoms. The Morgan fingerprint density at radius 3 is 1.69 bits per heavy atom. The van der Waals surface area contributed by atoms with E-state index in [9.17, 15) is 9.59 Å². The second-order valence-corrected chi connectivity index (χ2v) is 4.22. The Labute approximate surface area is 78.0 Å². The van der Waals surface area contributed by atoms with Crippen LogP contribution in [0.15, 0.2) is 12.2 Å². The molecule has 2 aliphatic rings. The quantitative estimate of drug-likeness (QED) is 0.602. The van der Waals surface area contributed by atoms with E-state index in [4.69, 9.17) is 0 Å². The van der Waals surface area contributed by atoms with Gasteiger partial charge in [-0.2, -0.15) is 0 Å². The highest BCUT2D eigenvalue weighted by Gasteiger charge is 2.48. The number of fused-ring (bicyclic) bond motifs is 2. The van der Waals surface area contributed by atoms with Crippen LogP contribution in [0.1, 0.15) is 20.3 Å². The zero-order valence-corrected chi connectivity index (χ0v) is 7.99. The van der Waals surface area contributed by atoms with Crippen molar-refractivity contribution < 1.29 is 9.59 Å². The minimum absolute atomic E-state index is 0.0208. The van der Waals surface area contributed by atoms with Gasteiger partial charge in [-0.05, 0) is 32.1 Å². The fourth-order valence-corrected chi connectivity index (χ4v) is 2.93. The Kier molecular flexibility index (Phi) is 1.86. The van der Waals surface area contributed by atoms with Crippen molar-refractivity contribution in [1.82, 2.24) is 0 Å². The molecule has 0 N–H and O–H groups in total. The smallest absolute Gasteiger partial charge is 0.134 e. The first kappa shape index (κ1) is 8.67. The summed E-state index contributed by atoms with van der Waals surface area (Å²) in [6, 6.07) is 0. The third-order valence-electron chi connectivity index (χ3n) is 3.40. The van der Waals surface area contributed by atoms with Crippen LogP contribution in [-0.2, 0) is 9.59 Å². The summed E-state index contributed by atoms with van der Waals surface area (Å²) in [4.78, 5) is 22.7. The summed E-state index contributed by atoms with van der Waals surface area (Å²) in [7, 11) is 0. The van der Waals surface area contributed by atoms with Crippen LogP contribution in [0, 0.1) is 23.7 Å². The van der Waals surface area contributed by atoms with Gasteiger partial charge in [0, 0.05) is 11.8 Å². The van der Waals surface area contributed by atoms with Crippen LogP contribution in [0.3, 0.4) is 0 Å². The summed E-state index contributed by atoms with van der Waals surface area (Å²) in [5.41, 5.74) is 0. The highest BCUT2D eigenvalue weighted by molar-refractivity contribution is 5.89. The molecule has 70 valence electrons. The Morgan fingerprint density at radius 1 is 1.00 bits per heavy atom. The number of rotatable bonds is 2. The predicted octanol–water partition coefficient (Wildman–Crippen LogP) is 1.60. The topological polar surface area (TPSA) is 34.1 Å². The van der Waals surface area contributed by atoms with Crippen molar-refractivity contribution in [1.29, 1.82) is 0 Å². The second kappa shape index (κ2) is 2.79. The average molecular weight is 178 g/mol. The van der Waals surface area contributed by atoms with Crippen molar-refractivity contribution in [3.8, 4) is 0 Å². The van der Waals surface area contributed by atoms with Crippen molar-refractivity contribution in [3.05, 3.63) is 12.2 Å². The maximum Gasteiger partial charge on any atom is 0.134 e. The van der Waals surface area contributed by atoms with E-state index in [2.05, 4.69) is 12.2 Å². The number of ketones is 2. The molecule has 0 unspecified atom stereocenters. The number of allylic oxidation sites excluding steroid dienone is 2. The van der Waals surface area contributed by atoms with E-state index in [0.717, 1.165) is 6.42 Å². The van der Waals surface area contributed by atoms with Crippen molar-refractivity contribution in [3.63, 3.8) is 0 Å². The van der Waals surface area contributed by atoms with Crippen LogP contribution in [0.5, 0.6) is 0 Å². The summed E-state index contributed by atoms with van der Waals surface area (Å²) < 4.78 is 0. The maximum atomic E-state index is 11.4. The lowest BCUT2D eigenvalue weighted by molar-refractivity contribution is -0.130. The molecule has 0 aromatic heterocycles. The zero-order chi connectivity index (χ0) is 9.59. The number of carbonyl (C=O) groups excluding carboxylic acids is 2. The highest BCUT2D eigenvalue weighted by Crippen LogP contribution is 2.48. The average Bonchev–Trinajstić information content (AvgIpc) is 2.60. The number of Topliss-reactive ketones (excluding diaryl/α,β-unsaturated/α-hetero) is 2. The molecule has 2 aliphatic carbocycles. The maximum absolute atomic E-state index is 11.4. The van der Waals surface area contributed by atoms with Crippen LogP contribution >= 0.6 is 0 Å². The molecule has 0 radical (unpaired) electrons. The third-order valence-corrected chi connectivity index (χ3v) is 3.40. The molecule has 0 spiro atoms. The molecular weight excluding hydrogens is 164 g/mol. The van der Waals surface area contributed by atoms with E-state index in [-0.39, 0.29) is 23.4 Å². The predicted molar refractivity (Wildman–Crippen MR) is 49.1 cm³/mol. The minimum Gasteiger partial charge on any atom is -0.300 e. The zero-order valence-electron chi connectivity index (χ0n) is 7.99. The van der Waals surface area contributed by atoms with Crippen molar-refractivity contribution in [2.75, 3.05) is 0 Å². The van der Waals surface area contributed by atoms with Crippen molar-refractivity contribution in [2.24, 2.45) is 23.7 Å². The molecule has 0 aromatic carbocycles. The normalized spacial score (nSPS) is 41.1. The SMILES string of the molecule is CC(=O)[C@@H]1[C@H](C(C)=O)[C@@H]2C=C[C@H]1C2. The van der Waals surface area contributed by atoms with E-state index < -0.39 is 0 Å². The second-order valence-electron chi connectivity index (χ2n) is 4.22. The molecular formula is C11H14O2. The Hall–Kier alpha value is -0.920. The monoisotopic (exact) mass is 178 g/mol. The fraction of sp³-hybridized carbons (Fsp3) is 0.636.